The van der Waals surface area contributed by atoms with Crippen LogP contribution in [-0.4, -0.2) is 19.6 Å². The van der Waals surface area contributed by atoms with Crippen LogP contribution in [-0.2, 0) is 7.05 Å². The van der Waals surface area contributed by atoms with Gasteiger partial charge >= 0.3 is 0 Å². The van der Waals surface area contributed by atoms with Crippen molar-refractivity contribution in [2.24, 2.45) is 17.3 Å². The van der Waals surface area contributed by atoms with Crippen molar-refractivity contribution in [2.75, 3.05) is 0 Å². The van der Waals surface area contributed by atoms with Crippen molar-refractivity contribution < 1.29 is 5.11 Å². The lowest BCUT2D eigenvalue weighted by atomic mass is 10.3. The zero-order chi connectivity index (χ0) is 15.0. The zero-order valence-corrected chi connectivity index (χ0v) is 11.5. The van der Waals surface area contributed by atoms with Crippen LogP contribution in [0.4, 0.5) is 11.6 Å². The largest absolute Gasteiger partial charge is 0.506 e. The molecule has 7 heteroatoms. The fourth-order valence-electron chi connectivity index (χ4n) is 2.17. The molecule has 21 heavy (non-hydrogen) atoms. The third-order valence-electron chi connectivity index (χ3n) is 3.13. The molecule has 2 aromatic heterocycles. The third kappa shape index (κ3) is 2.29. The number of aromatic amines is 1. The minimum absolute atomic E-state index is 0.0144. The number of phenolic OH excluding ortho intramolecular Hbond substituents is 1. The van der Waals surface area contributed by atoms with Crippen molar-refractivity contribution in [3.05, 3.63) is 46.4 Å². The number of aromatic nitrogens is 3. The number of hydrogen-bond donors (Lipinski definition) is 2. The van der Waals surface area contributed by atoms with Crippen LogP contribution in [0.2, 0.25) is 0 Å². The van der Waals surface area contributed by atoms with E-state index < -0.39 is 0 Å². The molecule has 0 amide bonds. The van der Waals surface area contributed by atoms with Gasteiger partial charge in [-0.1, -0.05) is 12.1 Å². The lowest BCUT2D eigenvalue weighted by Gasteiger charge is -1.97. The highest BCUT2D eigenvalue weighted by Gasteiger charge is 2.10. The Labute approximate surface area is 119 Å². The van der Waals surface area contributed by atoms with Crippen molar-refractivity contribution in [3.8, 4) is 5.75 Å². The predicted molar refractivity (Wildman–Crippen MR) is 78.4 cm³/mol. The van der Waals surface area contributed by atoms with Crippen molar-refractivity contribution in [1.29, 1.82) is 0 Å². The van der Waals surface area contributed by atoms with Crippen LogP contribution in [0.1, 0.15) is 5.56 Å². The van der Waals surface area contributed by atoms with Gasteiger partial charge in [-0.15, -0.1) is 10.2 Å². The highest BCUT2D eigenvalue weighted by atomic mass is 16.3. The van der Waals surface area contributed by atoms with Gasteiger partial charge < -0.3 is 9.67 Å². The molecule has 3 rings (SSSR count). The number of para-hydroxylation sites is 1. The molecule has 3 aromatic rings. The Bertz CT molecular complexity index is 907. The van der Waals surface area contributed by atoms with Gasteiger partial charge in [-0.2, -0.15) is 0 Å². The fraction of sp³-hybridized carbons (Fsp3) is 0.143. The van der Waals surface area contributed by atoms with Crippen LogP contribution in [0.25, 0.3) is 11.0 Å². The van der Waals surface area contributed by atoms with E-state index in [0.717, 1.165) is 5.56 Å². The number of fused-ring (bicyclic) bond motifs is 1. The summed E-state index contributed by atoms with van der Waals surface area (Å²) in [4.78, 5) is 18.9. The summed E-state index contributed by atoms with van der Waals surface area (Å²) < 4.78 is 1.72. The molecule has 0 saturated carbocycles. The first-order valence-electron chi connectivity index (χ1n) is 6.32. The molecular formula is C14H13N5O2. The van der Waals surface area contributed by atoms with E-state index in [0.29, 0.717) is 16.7 Å². The summed E-state index contributed by atoms with van der Waals surface area (Å²) in [6, 6.07) is 6.54. The maximum absolute atomic E-state index is 12.0. The molecule has 0 atom stereocenters. The standard InChI is InChI=1S/C14H13N5O2/c1-8-7-19(2)12-11(8)15-14(16-13(12)21)18-17-9-5-3-4-6-10(9)20/h3-7,20H,1-2H3,(H,15,16,21)/b18-17+. The molecule has 2 heterocycles. The van der Waals surface area contributed by atoms with Gasteiger partial charge in [0, 0.05) is 13.2 Å². The number of nitrogens with zero attached hydrogens (tertiary/aromatic N) is 4. The van der Waals surface area contributed by atoms with E-state index in [9.17, 15) is 9.90 Å². The number of azo groups is 1. The van der Waals surface area contributed by atoms with Crippen LogP contribution >= 0.6 is 0 Å². The zero-order valence-electron chi connectivity index (χ0n) is 11.5. The summed E-state index contributed by atoms with van der Waals surface area (Å²) in [6.07, 6.45) is 1.83. The maximum atomic E-state index is 12.0. The molecule has 106 valence electrons. The van der Waals surface area contributed by atoms with E-state index >= 15 is 0 Å². The number of aromatic hydroxyl groups is 1. The van der Waals surface area contributed by atoms with E-state index in [1.165, 1.54) is 6.07 Å². The molecule has 0 unspecified atom stereocenters. The van der Waals surface area contributed by atoms with Crippen molar-refractivity contribution in [3.63, 3.8) is 0 Å². The number of rotatable bonds is 2. The van der Waals surface area contributed by atoms with E-state index in [-0.39, 0.29) is 17.3 Å². The summed E-state index contributed by atoms with van der Waals surface area (Å²) in [7, 11) is 1.79. The van der Waals surface area contributed by atoms with Gasteiger partial charge in [0.15, 0.2) is 0 Å². The van der Waals surface area contributed by atoms with Crippen molar-refractivity contribution in [1.82, 2.24) is 14.5 Å². The average Bonchev–Trinajstić information content (AvgIpc) is 2.73. The number of H-pyrrole nitrogens is 1. The van der Waals surface area contributed by atoms with Crippen LogP contribution < -0.4 is 5.56 Å². The van der Waals surface area contributed by atoms with Crippen LogP contribution in [0.5, 0.6) is 5.75 Å². The average molecular weight is 283 g/mol. The van der Waals surface area contributed by atoms with Crippen LogP contribution in [0.3, 0.4) is 0 Å². The number of hydrogen-bond acceptors (Lipinski definition) is 5. The van der Waals surface area contributed by atoms with Gasteiger partial charge in [-0.25, -0.2) is 4.98 Å². The van der Waals surface area contributed by atoms with Crippen LogP contribution in [0, 0.1) is 6.92 Å². The second-order valence-corrected chi connectivity index (χ2v) is 4.70. The van der Waals surface area contributed by atoms with Crippen molar-refractivity contribution in [2.45, 2.75) is 6.92 Å². The Balaban J connectivity index is 2.08. The SMILES string of the molecule is Cc1cn(C)c2c(=O)[nH]c(/N=N/c3ccccc3O)nc12. The first-order chi connectivity index (χ1) is 10.1. The van der Waals surface area contributed by atoms with E-state index in [4.69, 9.17) is 0 Å². The fourth-order valence-corrected chi connectivity index (χ4v) is 2.17. The first-order valence-corrected chi connectivity index (χ1v) is 6.32. The van der Waals surface area contributed by atoms with Gasteiger partial charge in [0.2, 0.25) is 5.95 Å². The second-order valence-electron chi connectivity index (χ2n) is 4.70. The van der Waals surface area contributed by atoms with Gasteiger partial charge in [-0.3, -0.25) is 9.78 Å². The molecule has 0 aliphatic heterocycles. The Kier molecular flexibility index (Phi) is 3.02. The predicted octanol–water partition coefficient (Wildman–Crippen LogP) is 2.69. The first kappa shape index (κ1) is 13.0. The highest BCUT2D eigenvalue weighted by Crippen LogP contribution is 2.26. The molecule has 1 aromatic carbocycles. The molecule has 0 aliphatic rings. The molecule has 7 nitrogen and oxygen atoms in total. The van der Waals surface area contributed by atoms with Gasteiger partial charge in [0.05, 0.1) is 0 Å². The lowest BCUT2D eigenvalue weighted by Crippen LogP contribution is -2.09. The number of aryl methyl sites for hydroxylation is 2. The third-order valence-corrected chi connectivity index (χ3v) is 3.13. The van der Waals surface area contributed by atoms with E-state index in [1.54, 1.807) is 29.8 Å². The topological polar surface area (TPSA) is 95.6 Å². The smallest absolute Gasteiger partial charge is 0.276 e. The lowest BCUT2D eigenvalue weighted by molar-refractivity contribution is 0.476. The van der Waals surface area contributed by atoms with E-state index in [2.05, 4.69) is 20.2 Å². The monoisotopic (exact) mass is 283 g/mol. The number of benzene rings is 1. The van der Waals surface area contributed by atoms with Gasteiger partial charge in [0.25, 0.3) is 5.56 Å². The van der Waals surface area contributed by atoms with E-state index in [1.807, 2.05) is 13.1 Å². The summed E-state index contributed by atoms with van der Waals surface area (Å²) in [6.45, 7) is 1.87. The van der Waals surface area contributed by atoms with Crippen LogP contribution in [0.15, 0.2) is 45.5 Å². The molecule has 0 radical (unpaired) electrons. The Morgan fingerprint density at radius 1 is 1.29 bits per heavy atom. The second kappa shape index (κ2) is 4.86. The molecule has 0 fully saturated rings. The molecule has 0 spiro atoms. The minimum atomic E-state index is -0.276. The molecule has 0 bridgehead atoms. The molecule has 2 N–H and O–H groups in total. The Morgan fingerprint density at radius 3 is 2.81 bits per heavy atom. The molecule has 0 saturated heterocycles. The normalized spacial score (nSPS) is 11.5. The summed E-state index contributed by atoms with van der Waals surface area (Å²) in [5.74, 6) is 0.116. The molecular weight excluding hydrogens is 270 g/mol. The highest BCUT2D eigenvalue weighted by molar-refractivity contribution is 5.79. The summed E-state index contributed by atoms with van der Waals surface area (Å²) in [5.41, 5.74) is 2.01. The summed E-state index contributed by atoms with van der Waals surface area (Å²) >= 11 is 0. The minimum Gasteiger partial charge on any atom is -0.506 e. The molecule has 0 aliphatic carbocycles. The number of nitrogens with one attached hydrogen (secondary N) is 1. The maximum Gasteiger partial charge on any atom is 0.276 e. The summed E-state index contributed by atoms with van der Waals surface area (Å²) in [5, 5.41) is 17.4. The Hall–Kier alpha value is -2.96. The Morgan fingerprint density at radius 2 is 2.05 bits per heavy atom. The number of phenols is 1. The van der Waals surface area contributed by atoms with Crippen molar-refractivity contribution >= 4 is 22.7 Å². The van der Waals surface area contributed by atoms with Gasteiger partial charge in [-0.05, 0) is 24.6 Å². The van der Waals surface area contributed by atoms with Gasteiger partial charge in [0.1, 0.15) is 22.5 Å². The quantitative estimate of drug-likeness (QED) is 0.708.